The zero-order valence-electron chi connectivity index (χ0n) is 5.99. The Labute approximate surface area is 53.3 Å². The molecule has 1 nitrogen and oxygen atoms in total. The predicted octanol–water partition coefficient (Wildman–Crippen LogP) is 0.961. The molecule has 1 N–H and O–H groups in total. The monoisotopic (exact) mass is 111 g/mol. The van der Waals surface area contributed by atoms with Crippen LogP contribution >= 0.6 is 0 Å². The third-order valence-electron chi connectivity index (χ3n) is 0.800. The summed E-state index contributed by atoms with van der Waals surface area (Å²) in [5.41, 5.74) is 0.222. The van der Waals surface area contributed by atoms with Crippen LogP contribution in [0.3, 0.4) is 0 Å². The number of hydrogen-bond acceptors (Lipinski definition) is 1. The van der Waals surface area contributed by atoms with Crippen LogP contribution in [0.1, 0.15) is 20.8 Å². The maximum atomic E-state index is 5.27. The van der Waals surface area contributed by atoms with Gasteiger partial charge < -0.3 is 5.32 Å². The second kappa shape index (κ2) is 3.13. The highest BCUT2D eigenvalue weighted by Gasteiger charge is 2.05. The van der Waals surface area contributed by atoms with Gasteiger partial charge >= 0.3 is 0 Å². The van der Waals surface area contributed by atoms with Gasteiger partial charge in [-0.25, -0.2) is 0 Å². The van der Waals surface area contributed by atoms with Crippen molar-refractivity contribution >= 4 is 7.85 Å². The van der Waals surface area contributed by atoms with Gasteiger partial charge in [0.1, 0.15) is 0 Å². The second-order valence-corrected chi connectivity index (χ2v) is 2.97. The van der Waals surface area contributed by atoms with Crippen molar-refractivity contribution in [3.63, 3.8) is 0 Å². The molecule has 0 unspecified atom stereocenters. The summed E-state index contributed by atoms with van der Waals surface area (Å²) in [4.78, 5) is 0. The molecule has 0 bridgehead atoms. The van der Waals surface area contributed by atoms with Crippen molar-refractivity contribution in [2.45, 2.75) is 32.6 Å². The van der Waals surface area contributed by atoms with Crippen LogP contribution in [0.5, 0.6) is 0 Å². The molecular weight excluding hydrogens is 96.9 g/mol. The minimum atomic E-state index is 0.222. The van der Waals surface area contributed by atoms with Crippen molar-refractivity contribution in [3.8, 4) is 0 Å². The van der Waals surface area contributed by atoms with Crippen molar-refractivity contribution in [1.29, 1.82) is 0 Å². The standard InChI is InChI=1S/C6H14BN/c1-6(2,3)8-5-4-7/h8H,4-5H2,1-3H3. The molecule has 0 amide bonds. The maximum Gasteiger partial charge on any atom is 0.0670 e. The maximum absolute atomic E-state index is 5.27. The van der Waals surface area contributed by atoms with Gasteiger partial charge in [0.15, 0.2) is 0 Å². The van der Waals surface area contributed by atoms with Gasteiger partial charge in [-0.1, -0.05) is 6.32 Å². The Bertz CT molecular complexity index is 56.0. The third kappa shape index (κ3) is 6.02. The van der Waals surface area contributed by atoms with E-state index >= 15 is 0 Å². The fourth-order valence-corrected chi connectivity index (χ4v) is 0.447. The molecule has 2 heteroatoms. The Morgan fingerprint density at radius 1 is 1.38 bits per heavy atom. The predicted molar refractivity (Wildman–Crippen MR) is 38.3 cm³/mol. The van der Waals surface area contributed by atoms with Crippen LogP contribution in [0.25, 0.3) is 0 Å². The van der Waals surface area contributed by atoms with Crippen molar-refractivity contribution in [3.05, 3.63) is 0 Å². The minimum absolute atomic E-state index is 0.222. The lowest BCUT2D eigenvalue weighted by molar-refractivity contribution is 0.439. The van der Waals surface area contributed by atoms with Gasteiger partial charge in [-0.15, -0.1) is 0 Å². The summed E-state index contributed by atoms with van der Waals surface area (Å²) in [6, 6.07) is 0. The van der Waals surface area contributed by atoms with Crippen LogP contribution in [0.15, 0.2) is 0 Å². The van der Waals surface area contributed by atoms with Crippen molar-refractivity contribution in [2.24, 2.45) is 0 Å². The Balaban J connectivity index is 3.11. The van der Waals surface area contributed by atoms with Crippen LogP contribution in [0.4, 0.5) is 0 Å². The summed E-state index contributed by atoms with van der Waals surface area (Å²) >= 11 is 0. The lowest BCUT2D eigenvalue weighted by Crippen LogP contribution is -2.36. The van der Waals surface area contributed by atoms with E-state index in [-0.39, 0.29) is 5.54 Å². The first-order valence-electron chi connectivity index (χ1n) is 3.01. The normalized spacial score (nSPS) is 11.9. The van der Waals surface area contributed by atoms with Gasteiger partial charge in [0, 0.05) is 5.54 Å². The quantitative estimate of drug-likeness (QED) is 0.523. The molecule has 0 rings (SSSR count). The van der Waals surface area contributed by atoms with Crippen LogP contribution in [-0.2, 0) is 0 Å². The summed E-state index contributed by atoms with van der Waals surface area (Å²) in [6.45, 7) is 7.29. The first kappa shape index (κ1) is 8.02. The smallest absolute Gasteiger partial charge is 0.0670 e. The lowest BCUT2D eigenvalue weighted by atomic mass is 10.0. The van der Waals surface area contributed by atoms with Crippen molar-refractivity contribution < 1.29 is 0 Å². The fourth-order valence-electron chi connectivity index (χ4n) is 0.447. The zero-order chi connectivity index (χ0) is 6.62. The number of nitrogens with one attached hydrogen (secondary N) is 1. The van der Waals surface area contributed by atoms with E-state index in [9.17, 15) is 0 Å². The molecule has 0 aromatic rings. The molecule has 0 aliphatic rings. The van der Waals surface area contributed by atoms with Gasteiger partial charge in [0.2, 0.25) is 0 Å². The lowest BCUT2D eigenvalue weighted by Gasteiger charge is -2.19. The molecule has 0 heterocycles. The SMILES string of the molecule is [B]CCNC(C)(C)C. The highest BCUT2D eigenvalue weighted by Crippen LogP contribution is 1.96. The first-order chi connectivity index (χ1) is 3.56. The molecule has 0 aromatic carbocycles. The molecule has 0 aliphatic carbocycles. The summed E-state index contributed by atoms with van der Waals surface area (Å²) < 4.78 is 0. The molecule has 0 aromatic heterocycles. The van der Waals surface area contributed by atoms with E-state index in [1.165, 1.54) is 0 Å². The van der Waals surface area contributed by atoms with E-state index in [0.29, 0.717) is 0 Å². The molecule has 2 radical (unpaired) electrons. The Hall–Kier alpha value is 0.0249. The van der Waals surface area contributed by atoms with E-state index in [1.54, 1.807) is 0 Å². The zero-order valence-corrected chi connectivity index (χ0v) is 5.99. The van der Waals surface area contributed by atoms with Crippen molar-refractivity contribution in [2.75, 3.05) is 6.54 Å². The molecule has 46 valence electrons. The van der Waals surface area contributed by atoms with Crippen LogP contribution in [-0.4, -0.2) is 19.9 Å². The molecule has 0 aliphatic heterocycles. The molecule has 0 spiro atoms. The molecule has 0 saturated carbocycles. The van der Waals surface area contributed by atoms with Gasteiger partial charge in [-0.05, 0) is 27.3 Å². The Morgan fingerprint density at radius 2 is 1.88 bits per heavy atom. The van der Waals surface area contributed by atoms with E-state index in [4.69, 9.17) is 7.85 Å². The molecule has 0 fully saturated rings. The highest BCUT2D eigenvalue weighted by molar-refractivity contribution is 6.08. The topological polar surface area (TPSA) is 12.0 Å². The number of rotatable bonds is 2. The van der Waals surface area contributed by atoms with Gasteiger partial charge in [-0.3, -0.25) is 0 Å². The fraction of sp³-hybridized carbons (Fsp3) is 1.00. The molecule has 8 heavy (non-hydrogen) atoms. The Morgan fingerprint density at radius 3 is 2.00 bits per heavy atom. The molecular formula is C6H14BN. The van der Waals surface area contributed by atoms with E-state index in [1.807, 2.05) is 0 Å². The highest BCUT2D eigenvalue weighted by atomic mass is 14.9. The van der Waals surface area contributed by atoms with E-state index in [2.05, 4.69) is 26.1 Å². The van der Waals surface area contributed by atoms with Gasteiger partial charge in [0.25, 0.3) is 0 Å². The van der Waals surface area contributed by atoms with Crippen molar-refractivity contribution in [1.82, 2.24) is 5.32 Å². The van der Waals surface area contributed by atoms with E-state index < -0.39 is 0 Å². The first-order valence-corrected chi connectivity index (χ1v) is 3.01. The Kier molecular flexibility index (Phi) is 3.14. The third-order valence-corrected chi connectivity index (χ3v) is 0.800. The summed E-state index contributed by atoms with van der Waals surface area (Å²) in [6.07, 6.45) is 0.720. The van der Waals surface area contributed by atoms with Gasteiger partial charge in [-0.2, -0.15) is 0 Å². The van der Waals surface area contributed by atoms with Crippen LogP contribution in [0.2, 0.25) is 6.32 Å². The summed E-state index contributed by atoms with van der Waals surface area (Å²) in [5, 5.41) is 3.25. The summed E-state index contributed by atoms with van der Waals surface area (Å²) in [7, 11) is 5.27. The largest absolute Gasteiger partial charge is 0.313 e. The number of hydrogen-bond donors (Lipinski definition) is 1. The minimum Gasteiger partial charge on any atom is -0.313 e. The molecule has 0 atom stereocenters. The average molecular weight is 111 g/mol. The summed E-state index contributed by atoms with van der Waals surface area (Å²) in [5.74, 6) is 0. The van der Waals surface area contributed by atoms with Gasteiger partial charge in [0.05, 0.1) is 7.85 Å². The van der Waals surface area contributed by atoms with E-state index in [0.717, 1.165) is 12.9 Å². The van der Waals surface area contributed by atoms with Crippen LogP contribution in [0, 0.1) is 0 Å². The van der Waals surface area contributed by atoms with Crippen LogP contribution < -0.4 is 5.32 Å². The average Bonchev–Trinajstić information content (AvgIpc) is 1.59. The second-order valence-electron chi connectivity index (χ2n) is 2.97. The molecule has 0 saturated heterocycles.